The number of rotatable bonds is 5. The van der Waals surface area contributed by atoms with Crippen LogP contribution in [0.4, 0.5) is 8.78 Å². The molecule has 1 rings (SSSR count). The van der Waals surface area contributed by atoms with Gasteiger partial charge in [-0.1, -0.05) is 6.58 Å². The lowest BCUT2D eigenvalue weighted by Crippen LogP contribution is -2.17. The number of alkyl halides is 2. The van der Waals surface area contributed by atoms with Gasteiger partial charge in [0.2, 0.25) is 0 Å². The number of nitrogens with one attached hydrogen (secondary N) is 1. The van der Waals surface area contributed by atoms with E-state index in [2.05, 4.69) is 41.8 Å². The lowest BCUT2D eigenvalue weighted by Gasteiger charge is -2.15. The quantitative estimate of drug-likeness (QED) is 0.611. The lowest BCUT2D eigenvalue weighted by atomic mass is 10.1. The maximum atomic E-state index is 13.1. The second-order valence-corrected chi connectivity index (χ2v) is 6.23. The van der Waals surface area contributed by atoms with Crippen LogP contribution in [0.15, 0.2) is 35.0 Å². The Morgan fingerprint density at radius 2 is 2.05 bits per heavy atom. The van der Waals surface area contributed by atoms with Crippen LogP contribution in [-0.4, -0.2) is 19.0 Å². The third-order valence-corrected chi connectivity index (χ3v) is 4.16. The Balaban J connectivity index is 3.06. The van der Waals surface area contributed by atoms with Crippen molar-refractivity contribution < 1.29 is 18.3 Å². The topological polar surface area (TPSA) is 38.3 Å². The normalized spacial score (nSPS) is 12.0. The number of carbonyl (C=O) groups excluding carboxylic acids is 1. The van der Waals surface area contributed by atoms with Gasteiger partial charge >= 0.3 is 5.97 Å². The summed E-state index contributed by atoms with van der Waals surface area (Å²) in [6.45, 7) is 5.98. The van der Waals surface area contributed by atoms with Crippen LogP contribution in [0.1, 0.15) is 29.8 Å². The molecule has 120 valence electrons. The number of allylic oxidation sites excluding steroid dienone is 1. The monoisotopic (exact) mass is 391 g/mol. The van der Waals surface area contributed by atoms with Crippen molar-refractivity contribution in [2.24, 2.45) is 0 Å². The number of ether oxygens (including phenoxy) is 1. The minimum atomic E-state index is -2.90. The molecule has 0 heterocycles. The standard InChI is InChI=1S/C15H17BrF2NO2P/c1-8(15(3,17)18)7-19-9(2)10-5-12(16)11(6-13(10)22)14(20)21-4/h5-7,19H,2,22H2,1,3-4H3/b8-7+. The molecule has 0 saturated carbocycles. The summed E-state index contributed by atoms with van der Waals surface area (Å²) < 4.78 is 31.4. The van der Waals surface area contributed by atoms with E-state index < -0.39 is 11.9 Å². The Morgan fingerprint density at radius 3 is 2.55 bits per heavy atom. The number of carbonyl (C=O) groups is 1. The number of methoxy groups -OCH3 is 1. The van der Waals surface area contributed by atoms with Gasteiger partial charge in [-0.2, -0.15) is 0 Å². The highest BCUT2D eigenvalue weighted by Crippen LogP contribution is 2.24. The van der Waals surface area contributed by atoms with E-state index in [1.807, 2.05) is 0 Å². The van der Waals surface area contributed by atoms with Crippen molar-refractivity contribution in [3.63, 3.8) is 0 Å². The Kier molecular flexibility index (Phi) is 6.27. The minimum absolute atomic E-state index is 0.107. The van der Waals surface area contributed by atoms with E-state index in [1.165, 1.54) is 20.2 Å². The number of esters is 1. The molecule has 0 spiro atoms. The van der Waals surface area contributed by atoms with Crippen LogP contribution < -0.4 is 10.6 Å². The van der Waals surface area contributed by atoms with Gasteiger partial charge in [-0.15, -0.1) is 9.24 Å². The molecule has 0 aliphatic rings. The molecule has 1 aromatic rings. The molecule has 0 amide bonds. The molecule has 7 heteroatoms. The highest BCUT2D eigenvalue weighted by atomic mass is 79.9. The zero-order valence-corrected chi connectivity index (χ0v) is 15.2. The van der Waals surface area contributed by atoms with E-state index in [0.717, 1.165) is 6.92 Å². The third kappa shape index (κ3) is 4.62. The van der Waals surface area contributed by atoms with E-state index in [4.69, 9.17) is 0 Å². The van der Waals surface area contributed by atoms with E-state index in [0.29, 0.717) is 26.6 Å². The third-order valence-electron chi connectivity index (χ3n) is 3.02. The van der Waals surface area contributed by atoms with Gasteiger partial charge in [0.1, 0.15) is 0 Å². The number of hydrogen-bond acceptors (Lipinski definition) is 3. The van der Waals surface area contributed by atoms with Crippen molar-refractivity contribution in [1.82, 2.24) is 5.32 Å². The lowest BCUT2D eigenvalue weighted by molar-refractivity contribution is 0.0598. The highest BCUT2D eigenvalue weighted by Gasteiger charge is 2.23. The average Bonchev–Trinajstić information content (AvgIpc) is 2.44. The van der Waals surface area contributed by atoms with Crippen molar-refractivity contribution in [3.8, 4) is 0 Å². The average molecular weight is 392 g/mol. The second kappa shape index (κ2) is 7.34. The van der Waals surface area contributed by atoms with Gasteiger partial charge in [0.15, 0.2) is 0 Å². The first kappa shape index (κ1) is 18.8. The summed E-state index contributed by atoms with van der Waals surface area (Å²) in [6, 6.07) is 3.30. The summed E-state index contributed by atoms with van der Waals surface area (Å²) in [4.78, 5) is 11.6. The molecule has 3 nitrogen and oxygen atoms in total. The maximum Gasteiger partial charge on any atom is 0.339 e. The van der Waals surface area contributed by atoms with Crippen molar-refractivity contribution in [2.45, 2.75) is 19.8 Å². The molecular formula is C15H17BrF2NO2P. The van der Waals surface area contributed by atoms with Gasteiger partial charge in [-0.05, 0) is 40.3 Å². The largest absolute Gasteiger partial charge is 0.465 e. The molecule has 0 radical (unpaired) electrons. The Bertz CT molecular complexity index is 639. The van der Waals surface area contributed by atoms with Crippen LogP contribution in [0.2, 0.25) is 0 Å². The van der Waals surface area contributed by atoms with Crippen molar-refractivity contribution in [1.29, 1.82) is 0 Å². The summed E-state index contributed by atoms with van der Waals surface area (Å²) in [5.41, 5.74) is 1.37. The molecule has 1 atom stereocenters. The van der Waals surface area contributed by atoms with Crippen LogP contribution in [0, 0.1) is 0 Å². The zero-order valence-electron chi connectivity index (χ0n) is 12.5. The van der Waals surface area contributed by atoms with Crippen LogP contribution in [0.25, 0.3) is 5.70 Å². The Labute approximate surface area is 139 Å². The molecule has 22 heavy (non-hydrogen) atoms. The highest BCUT2D eigenvalue weighted by molar-refractivity contribution is 9.10. The Hall–Kier alpha value is -1.26. The van der Waals surface area contributed by atoms with E-state index in [-0.39, 0.29) is 5.57 Å². The molecule has 0 aliphatic heterocycles. The van der Waals surface area contributed by atoms with Crippen molar-refractivity contribution in [3.05, 3.63) is 46.1 Å². The molecule has 0 bridgehead atoms. The second-order valence-electron chi connectivity index (χ2n) is 4.75. The van der Waals surface area contributed by atoms with Gasteiger partial charge in [-0.25, -0.2) is 13.6 Å². The Morgan fingerprint density at radius 1 is 1.45 bits per heavy atom. The predicted molar refractivity (Wildman–Crippen MR) is 91.4 cm³/mol. The van der Waals surface area contributed by atoms with Crippen molar-refractivity contribution >= 4 is 42.1 Å². The summed E-state index contributed by atoms with van der Waals surface area (Å²) in [6.07, 6.45) is 1.22. The van der Waals surface area contributed by atoms with Crippen LogP contribution in [0.3, 0.4) is 0 Å². The van der Waals surface area contributed by atoms with Gasteiger partial charge < -0.3 is 10.1 Å². The first-order chi connectivity index (χ1) is 10.1. The molecular weight excluding hydrogens is 375 g/mol. The first-order valence-corrected chi connectivity index (χ1v) is 7.63. The van der Waals surface area contributed by atoms with Gasteiger partial charge in [0.05, 0.1) is 12.7 Å². The fraction of sp³-hybridized carbons (Fsp3) is 0.267. The molecule has 0 saturated heterocycles. The van der Waals surface area contributed by atoms with Crippen molar-refractivity contribution in [2.75, 3.05) is 7.11 Å². The summed E-state index contributed by atoms with van der Waals surface area (Å²) in [7, 11) is 3.77. The minimum Gasteiger partial charge on any atom is -0.465 e. The SMILES string of the molecule is C=C(N/C=C(\C)C(C)(F)F)c1cc(Br)c(C(=O)OC)cc1P. The fourth-order valence-corrected chi connectivity index (χ4v) is 2.45. The van der Waals surface area contributed by atoms with Crippen LogP contribution >= 0.6 is 25.2 Å². The van der Waals surface area contributed by atoms with E-state index >= 15 is 0 Å². The molecule has 0 fully saturated rings. The molecule has 1 unspecified atom stereocenters. The summed E-state index contributed by atoms with van der Waals surface area (Å²) >= 11 is 3.29. The molecule has 0 aromatic heterocycles. The van der Waals surface area contributed by atoms with E-state index in [9.17, 15) is 13.6 Å². The van der Waals surface area contributed by atoms with E-state index in [1.54, 1.807) is 12.1 Å². The molecule has 1 N–H and O–H groups in total. The zero-order chi connectivity index (χ0) is 17.1. The maximum absolute atomic E-state index is 13.1. The molecule has 1 aromatic carbocycles. The van der Waals surface area contributed by atoms with Crippen LogP contribution in [0.5, 0.6) is 0 Å². The smallest absolute Gasteiger partial charge is 0.339 e. The van der Waals surface area contributed by atoms with Crippen LogP contribution in [-0.2, 0) is 4.74 Å². The number of hydrogen-bond donors (Lipinski definition) is 1. The number of benzene rings is 1. The predicted octanol–water partition coefficient (Wildman–Crippen LogP) is 3.86. The molecule has 0 aliphatic carbocycles. The fourth-order valence-electron chi connectivity index (χ4n) is 1.52. The summed E-state index contributed by atoms with van der Waals surface area (Å²) in [5.74, 6) is -3.37. The van der Waals surface area contributed by atoms with Gasteiger partial charge in [-0.3, -0.25) is 0 Å². The number of halogens is 3. The summed E-state index contributed by atoms with van der Waals surface area (Å²) in [5, 5.41) is 3.44. The first-order valence-electron chi connectivity index (χ1n) is 6.26. The van der Waals surface area contributed by atoms with Gasteiger partial charge in [0.25, 0.3) is 5.92 Å². The van der Waals surface area contributed by atoms with Gasteiger partial charge in [0, 0.05) is 34.4 Å².